The van der Waals surface area contributed by atoms with Crippen LogP contribution < -0.4 is 16.0 Å². The van der Waals surface area contributed by atoms with Crippen molar-refractivity contribution < 1.29 is 0 Å². The molecule has 0 bridgehead atoms. The first-order chi connectivity index (χ1) is 14.6. The number of rotatable bonds is 10. The van der Waals surface area contributed by atoms with Crippen molar-refractivity contribution in [1.29, 1.82) is 0 Å². The molecule has 0 aliphatic heterocycles. The van der Waals surface area contributed by atoms with Gasteiger partial charge in [0.2, 0.25) is 0 Å². The summed E-state index contributed by atoms with van der Waals surface area (Å²) in [5.41, 5.74) is 9.44. The number of anilines is 1. The molecule has 0 fully saturated rings. The predicted octanol–water partition coefficient (Wildman–Crippen LogP) is 3.42. The molecule has 3 rings (SSSR count). The minimum absolute atomic E-state index is 0.470. The number of hydrogen-bond acceptors (Lipinski definition) is 4. The van der Waals surface area contributed by atoms with Crippen LogP contribution in [-0.2, 0) is 13.0 Å². The number of guanidine groups is 1. The lowest BCUT2D eigenvalue weighted by Gasteiger charge is -2.25. The van der Waals surface area contributed by atoms with E-state index in [4.69, 9.17) is 5.73 Å². The second kappa shape index (κ2) is 11.3. The number of pyridine rings is 1. The molecule has 0 saturated heterocycles. The van der Waals surface area contributed by atoms with Gasteiger partial charge in [0, 0.05) is 36.5 Å². The lowest BCUT2D eigenvalue weighted by Crippen LogP contribution is -2.34. The van der Waals surface area contributed by atoms with E-state index in [9.17, 15) is 0 Å². The largest absolute Gasteiger partial charge is 0.370 e. The van der Waals surface area contributed by atoms with Crippen molar-refractivity contribution in [2.45, 2.75) is 26.3 Å². The minimum atomic E-state index is 0.470. The highest BCUT2D eigenvalue weighted by Crippen LogP contribution is 2.22. The number of hydrogen-bond donors (Lipinski definition) is 3. The molecule has 3 aromatic rings. The van der Waals surface area contributed by atoms with Crippen molar-refractivity contribution in [3.63, 3.8) is 0 Å². The molecule has 0 aliphatic carbocycles. The third kappa shape index (κ3) is 6.88. The van der Waals surface area contributed by atoms with Gasteiger partial charge in [-0.05, 0) is 52.9 Å². The van der Waals surface area contributed by atoms with Gasteiger partial charge in [0.15, 0.2) is 5.96 Å². The van der Waals surface area contributed by atoms with Gasteiger partial charge in [0.25, 0.3) is 0 Å². The second-order valence-electron chi connectivity index (χ2n) is 7.06. The third-order valence-corrected chi connectivity index (χ3v) is 5.09. The number of aryl methyl sites for hydroxylation is 2. The van der Waals surface area contributed by atoms with E-state index in [1.807, 2.05) is 18.5 Å². The van der Waals surface area contributed by atoms with Gasteiger partial charge in [-0.1, -0.05) is 30.3 Å². The maximum atomic E-state index is 6.04. The van der Waals surface area contributed by atoms with Crippen LogP contribution in [0.1, 0.15) is 23.2 Å². The number of aliphatic imine (C=N–C) groups is 1. The van der Waals surface area contributed by atoms with E-state index < -0.39 is 0 Å². The van der Waals surface area contributed by atoms with Crippen LogP contribution in [0.25, 0.3) is 0 Å². The number of nitrogens with zero attached hydrogens (tertiary/aromatic N) is 4. The Labute approximate surface area is 186 Å². The first kappa shape index (κ1) is 21.8. The lowest BCUT2D eigenvalue weighted by molar-refractivity contribution is 0.745. The molecular weight excluding hydrogens is 442 g/mol. The topological polar surface area (TPSA) is 95.2 Å². The maximum Gasteiger partial charge on any atom is 0.188 e. The summed E-state index contributed by atoms with van der Waals surface area (Å²) in [5.74, 6) is 1.43. The smallest absolute Gasteiger partial charge is 0.188 e. The van der Waals surface area contributed by atoms with E-state index in [-0.39, 0.29) is 0 Å². The molecule has 158 valence electrons. The zero-order valence-corrected chi connectivity index (χ0v) is 18.8. The van der Waals surface area contributed by atoms with Crippen molar-refractivity contribution in [1.82, 2.24) is 20.3 Å². The first-order valence-electron chi connectivity index (χ1n) is 10.0. The van der Waals surface area contributed by atoms with Crippen LogP contribution in [0.3, 0.4) is 0 Å². The maximum absolute atomic E-state index is 6.04. The number of imidazole rings is 1. The predicted molar refractivity (Wildman–Crippen MR) is 126 cm³/mol. The molecule has 7 nitrogen and oxygen atoms in total. The summed E-state index contributed by atoms with van der Waals surface area (Å²) >= 11 is 3.49. The van der Waals surface area contributed by atoms with E-state index >= 15 is 0 Å². The average molecular weight is 470 g/mol. The quantitative estimate of drug-likeness (QED) is 0.240. The fourth-order valence-corrected chi connectivity index (χ4v) is 3.63. The molecule has 1 aromatic carbocycles. The fraction of sp³-hybridized carbons (Fsp3) is 0.318. The SMILES string of the molecule is Cc1cc(Br)cnc1N(CCN=C(N)NCCCc1c[nH]cn1)Cc1ccccc1. The molecule has 0 atom stereocenters. The number of nitrogens with two attached hydrogens (primary N) is 1. The van der Waals surface area contributed by atoms with Crippen LogP contribution in [0.4, 0.5) is 5.82 Å². The number of aromatic nitrogens is 3. The Morgan fingerprint density at radius 1 is 1.27 bits per heavy atom. The Bertz CT molecular complexity index is 926. The van der Waals surface area contributed by atoms with Crippen molar-refractivity contribution >= 4 is 27.7 Å². The number of H-pyrrole nitrogens is 1. The highest BCUT2D eigenvalue weighted by Gasteiger charge is 2.12. The Morgan fingerprint density at radius 3 is 2.83 bits per heavy atom. The summed E-state index contributed by atoms with van der Waals surface area (Å²) in [4.78, 5) is 18.6. The van der Waals surface area contributed by atoms with Crippen molar-refractivity contribution in [2.24, 2.45) is 10.7 Å². The van der Waals surface area contributed by atoms with E-state index in [1.54, 1.807) is 6.33 Å². The summed E-state index contributed by atoms with van der Waals surface area (Å²) in [6.45, 7) is 4.91. The Hall–Kier alpha value is -2.87. The van der Waals surface area contributed by atoms with Crippen LogP contribution in [0.15, 0.2) is 64.6 Å². The molecule has 0 aliphatic rings. The van der Waals surface area contributed by atoms with Gasteiger partial charge < -0.3 is 20.9 Å². The van der Waals surface area contributed by atoms with Crippen molar-refractivity contribution in [2.75, 3.05) is 24.5 Å². The molecule has 0 spiro atoms. The zero-order valence-electron chi connectivity index (χ0n) is 17.2. The number of aromatic amines is 1. The summed E-state index contributed by atoms with van der Waals surface area (Å²) in [5, 5.41) is 3.18. The molecule has 0 saturated carbocycles. The van der Waals surface area contributed by atoms with Gasteiger partial charge in [0.05, 0.1) is 18.6 Å². The van der Waals surface area contributed by atoms with Gasteiger partial charge in [0.1, 0.15) is 5.82 Å². The first-order valence-corrected chi connectivity index (χ1v) is 10.8. The summed E-state index contributed by atoms with van der Waals surface area (Å²) < 4.78 is 0.977. The van der Waals surface area contributed by atoms with E-state index in [0.717, 1.165) is 54.0 Å². The highest BCUT2D eigenvalue weighted by atomic mass is 79.9. The standard InChI is InChI=1S/C22H28BrN7/c1-17-12-19(23)13-28-21(17)30(15-18-6-3-2-4-7-18)11-10-27-22(24)26-9-5-8-20-14-25-16-29-20/h2-4,6-7,12-14,16H,5,8-11,15H2,1H3,(H,25,29)(H3,24,26,27). The number of benzene rings is 1. The molecular formula is C22H28BrN7. The van der Waals surface area contributed by atoms with Gasteiger partial charge in [-0.2, -0.15) is 0 Å². The van der Waals surface area contributed by atoms with E-state index in [2.05, 4.69) is 83.3 Å². The number of nitrogens with one attached hydrogen (secondary N) is 2. The minimum Gasteiger partial charge on any atom is -0.370 e. The Balaban J connectivity index is 1.55. The monoisotopic (exact) mass is 469 g/mol. The molecule has 4 N–H and O–H groups in total. The molecule has 2 heterocycles. The van der Waals surface area contributed by atoms with Crippen molar-refractivity contribution in [3.05, 3.63) is 76.4 Å². The second-order valence-corrected chi connectivity index (χ2v) is 7.97. The van der Waals surface area contributed by atoms with Gasteiger partial charge in [-0.3, -0.25) is 4.99 Å². The van der Waals surface area contributed by atoms with Crippen LogP contribution >= 0.6 is 15.9 Å². The summed E-state index contributed by atoms with van der Waals surface area (Å²) in [7, 11) is 0. The molecule has 0 radical (unpaired) electrons. The van der Waals surface area contributed by atoms with Crippen molar-refractivity contribution in [3.8, 4) is 0 Å². The average Bonchev–Trinajstić information content (AvgIpc) is 3.25. The van der Waals surface area contributed by atoms with E-state index in [0.29, 0.717) is 12.5 Å². The molecule has 0 amide bonds. The normalized spacial score (nSPS) is 11.5. The van der Waals surface area contributed by atoms with Crippen LogP contribution in [0, 0.1) is 6.92 Å². The van der Waals surface area contributed by atoms with Gasteiger partial charge >= 0.3 is 0 Å². The van der Waals surface area contributed by atoms with Gasteiger partial charge in [-0.15, -0.1) is 0 Å². The summed E-state index contributed by atoms with van der Waals surface area (Å²) in [6, 6.07) is 12.5. The molecule has 2 aromatic heterocycles. The third-order valence-electron chi connectivity index (χ3n) is 4.66. The molecule has 8 heteroatoms. The van der Waals surface area contributed by atoms with Gasteiger partial charge in [-0.25, -0.2) is 9.97 Å². The molecule has 30 heavy (non-hydrogen) atoms. The van der Waals surface area contributed by atoms with Crippen LogP contribution in [-0.4, -0.2) is 40.5 Å². The van der Waals surface area contributed by atoms with E-state index in [1.165, 1.54) is 5.56 Å². The molecule has 0 unspecified atom stereocenters. The summed E-state index contributed by atoms with van der Waals surface area (Å²) in [6.07, 6.45) is 7.30. The fourth-order valence-electron chi connectivity index (χ4n) is 3.19. The number of halogens is 1. The van der Waals surface area contributed by atoms with Crippen LogP contribution in [0.2, 0.25) is 0 Å². The lowest BCUT2D eigenvalue weighted by atomic mass is 10.2. The zero-order chi connectivity index (χ0) is 21.2. The highest BCUT2D eigenvalue weighted by molar-refractivity contribution is 9.10. The van der Waals surface area contributed by atoms with Crippen LogP contribution in [0.5, 0.6) is 0 Å². The Morgan fingerprint density at radius 2 is 2.10 bits per heavy atom. The Kier molecular flexibility index (Phi) is 8.26.